The Balaban J connectivity index is 2.62. The van der Waals surface area contributed by atoms with E-state index in [1.165, 1.54) is 0 Å². The SMILES string of the molecule is CCCCNc1c(NCC)c(=S)c1=O. The first-order valence-corrected chi connectivity index (χ1v) is 5.44. The molecule has 0 bridgehead atoms. The first-order valence-electron chi connectivity index (χ1n) is 5.03. The minimum absolute atomic E-state index is 0.0212. The summed E-state index contributed by atoms with van der Waals surface area (Å²) in [4.78, 5) is 11.3. The van der Waals surface area contributed by atoms with E-state index in [1.807, 2.05) is 6.92 Å². The van der Waals surface area contributed by atoms with Crippen molar-refractivity contribution in [2.45, 2.75) is 26.7 Å². The van der Waals surface area contributed by atoms with E-state index in [0.717, 1.165) is 31.6 Å². The zero-order valence-corrected chi connectivity index (χ0v) is 9.46. The molecule has 0 saturated carbocycles. The van der Waals surface area contributed by atoms with Crippen LogP contribution in [0.25, 0.3) is 0 Å². The second kappa shape index (κ2) is 5.10. The summed E-state index contributed by atoms with van der Waals surface area (Å²) in [5.74, 6) is 0. The molecule has 0 aliphatic carbocycles. The molecule has 78 valence electrons. The van der Waals surface area contributed by atoms with Crippen LogP contribution in [0.15, 0.2) is 4.79 Å². The van der Waals surface area contributed by atoms with Gasteiger partial charge in [0.25, 0.3) is 0 Å². The molecule has 14 heavy (non-hydrogen) atoms. The summed E-state index contributed by atoms with van der Waals surface area (Å²) in [7, 11) is 0. The normalized spacial score (nSPS) is 10.4. The Bertz CT molecular complexity index is 366. The monoisotopic (exact) mass is 212 g/mol. The van der Waals surface area contributed by atoms with Crippen molar-refractivity contribution < 1.29 is 0 Å². The third kappa shape index (κ3) is 2.12. The predicted molar refractivity (Wildman–Crippen MR) is 63.5 cm³/mol. The fraction of sp³-hybridized carbons (Fsp3) is 0.600. The molecule has 4 heteroatoms. The fourth-order valence-corrected chi connectivity index (χ4v) is 1.57. The Hall–Kier alpha value is -0.900. The maximum Gasteiger partial charge on any atom is 0.223 e. The molecule has 0 heterocycles. The van der Waals surface area contributed by atoms with Crippen molar-refractivity contribution in [3.8, 4) is 0 Å². The summed E-state index contributed by atoms with van der Waals surface area (Å²) in [5.41, 5.74) is 1.47. The summed E-state index contributed by atoms with van der Waals surface area (Å²) in [5, 5.41) is 6.21. The zero-order chi connectivity index (χ0) is 10.6. The molecule has 1 aromatic rings. The molecule has 2 N–H and O–H groups in total. The molecule has 0 amide bonds. The molecule has 1 rings (SSSR count). The van der Waals surface area contributed by atoms with Crippen LogP contribution in [0.5, 0.6) is 0 Å². The topological polar surface area (TPSA) is 41.1 Å². The van der Waals surface area contributed by atoms with E-state index in [1.54, 1.807) is 0 Å². The van der Waals surface area contributed by atoms with Crippen LogP contribution in [-0.4, -0.2) is 13.1 Å². The first kappa shape index (κ1) is 11.2. The number of anilines is 2. The Morgan fingerprint density at radius 2 is 1.93 bits per heavy atom. The van der Waals surface area contributed by atoms with Gasteiger partial charge < -0.3 is 10.6 Å². The van der Waals surface area contributed by atoms with Gasteiger partial charge in [-0.25, -0.2) is 0 Å². The van der Waals surface area contributed by atoms with Crippen LogP contribution in [-0.2, 0) is 0 Å². The third-order valence-electron chi connectivity index (χ3n) is 2.10. The van der Waals surface area contributed by atoms with Crippen molar-refractivity contribution in [2.75, 3.05) is 23.7 Å². The molecule has 0 aliphatic rings. The molecule has 0 saturated heterocycles. The van der Waals surface area contributed by atoms with Crippen molar-refractivity contribution in [3.05, 3.63) is 14.7 Å². The number of hydrogen-bond acceptors (Lipinski definition) is 4. The molecule has 3 nitrogen and oxygen atoms in total. The van der Waals surface area contributed by atoms with Gasteiger partial charge >= 0.3 is 0 Å². The number of rotatable bonds is 6. The van der Waals surface area contributed by atoms with Gasteiger partial charge in [-0.2, -0.15) is 0 Å². The standard InChI is InChI=1S/C10H16N2OS/c1-3-5-6-12-7-8(11-4-2)10(14)9(7)13/h11-12H,3-6H2,1-2H3. The van der Waals surface area contributed by atoms with Gasteiger partial charge in [0.2, 0.25) is 5.43 Å². The van der Waals surface area contributed by atoms with Crippen LogP contribution in [0.1, 0.15) is 26.7 Å². The molecule has 0 aromatic heterocycles. The van der Waals surface area contributed by atoms with Crippen LogP contribution < -0.4 is 16.1 Å². The summed E-state index contributed by atoms with van der Waals surface area (Å²) in [6.07, 6.45) is 2.19. The van der Waals surface area contributed by atoms with Crippen molar-refractivity contribution in [2.24, 2.45) is 0 Å². The van der Waals surface area contributed by atoms with Crippen LogP contribution in [0, 0.1) is 4.51 Å². The van der Waals surface area contributed by atoms with Crippen LogP contribution in [0.4, 0.5) is 11.4 Å². The highest BCUT2D eigenvalue weighted by Crippen LogP contribution is 2.22. The molecule has 0 fully saturated rings. The molecule has 0 unspecified atom stereocenters. The molecule has 0 atom stereocenters. The first-order chi connectivity index (χ1) is 6.72. The highest BCUT2D eigenvalue weighted by molar-refractivity contribution is 7.71. The lowest BCUT2D eigenvalue weighted by atomic mass is 10.2. The highest BCUT2D eigenvalue weighted by atomic mass is 32.1. The summed E-state index contributed by atoms with van der Waals surface area (Å²) < 4.78 is 0.436. The minimum atomic E-state index is -0.0212. The van der Waals surface area contributed by atoms with Crippen molar-refractivity contribution in [3.63, 3.8) is 0 Å². The van der Waals surface area contributed by atoms with Gasteiger partial charge in [-0.05, 0) is 13.3 Å². The average Bonchev–Trinajstić information content (AvgIpc) is 2.21. The fourth-order valence-electron chi connectivity index (χ4n) is 1.30. The summed E-state index contributed by atoms with van der Waals surface area (Å²) in [6, 6.07) is 0. The quantitative estimate of drug-likeness (QED) is 0.561. The summed E-state index contributed by atoms with van der Waals surface area (Å²) in [6.45, 7) is 5.74. The van der Waals surface area contributed by atoms with Crippen LogP contribution >= 0.6 is 12.2 Å². The lowest BCUT2D eigenvalue weighted by Crippen LogP contribution is -2.22. The lowest BCUT2D eigenvalue weighted by molar-refractivity contribution is 0.833. The Morgan fingerprint density at radius 3 is 2.50 bits per heavy atom. The van der Waals surface area contributed by atoms with E-state index in [2.05, 4.69) is 17.6 Å². The Labute approximate surface area is 89.2 Å². The van der Waals surface area contributed by atoms with Crippen molar-refractivity contribution in [1.82, 2.24) is 0 Å². The highest BCUT2D eigenvalue weighted by Gasteiger charge is 2.15. The maximum absolute atomic E-state index is 11.3. The molecule has 1 aromatic carbocycles. The Morgan fingerprint density at radius 1 is 1.21 bits per heavy atom. The van der Waals surface area contributed by atoms with Crippen LogP contribution in [0.2, 0.25) is 0 Å². The van der Waals surface area contributed by atoms with E-state index in [4.69, 9.17) is 12.2 Å². The largest absolute Gasteiger partial charge is 0.382 e. The molecule has 0 radical (unpaired) electrons. The van der Waals surface area contributed by atoms with Gasteiger partial charge in [0.05, 0.1) is 5.69 Å². The number of unbranched alkanes of at least 4 members (excludes halogenated alkanes) is 1. The average molecular weight is 212 g/mol. The molecular formula is C10H16N2OS. The van der Waals surface area contributed by atoms with E-state index < -0.39 is 0 Å². The predicted octanol–water partition coefficient (Wildman–Crippen LogP) is 2.30. The number of hydrogen-bond donors (Lipinski definition) is 2. The van der Waals surface area contributed by atoms with Crippen molar-refractivity contribution in [1.29, 1.82) is 0 Å². The molecule has 0 spiro atoms. The van der Waals surface area contributed by atoms with Crippen LogP contribution in [0.3, 0.4) is 0 Å². The van der Waals surface area contributed by atoms with Gasteiger partial charge in [-0.15, -0.1) is 0 Å². The van der Waals surface area contributed by atoms with Gasteiger partial charge in [0.1, 0.15) is 10.2 Å². The van der Waals surface area contributed by atoms with Gasteiger partial charge in [-0.1, -0.05) is 25.6 Å². The van der Waals surface area contributed by atoms with E-state index >= 15 is 0 Å². The van der Waals surface area contributed by atoms with E-state index in [-0.39, 0.29) is 5.43 Å². The Kier molecular flexibility index (Phi) is 4.07. The third-order valence-corrected chi connectivity index (χ3v) is 2.49. The second-order valence-electron chi connectivity index (χ2n) is 3.22. The minimum Gasteiger partial charge on any atom is -0.382 e. The number of nitrogens with one attached hydrogen (secondary N) is 2. The van der Waals surface area contributed by atoms with Gasteiger partial charge in [0, 0.05) is 13.1 Å². The smallest absolute Gasteiger partial charge is 0.223 e. The summed E-state index contributed by atoms with van der Waals surface area (Å²) >= 11 is 4.94. The molecular weight excluding hydrogens is 196 g/mol. The zero-order valence-electron chi connectivity index (χ0n) is 8.64. The second-order valence-corrected chi connectivity index (χ2v) is 3.63. The van der Waals surface area contributed by atoms with E-state index in [0.29, 0.717) is 10.2 Å². The van der Waals surface area contributed by atoms with Gasteiger partial charge in [0.15, 0.2) is 0 Å². The van der Waals surface area contributed by atoms with E-state index in [9.17, 15) is 4.79 Å². The lowest BCUT2D eigenvalue weighted by Gasteiger charge is -2.14. The molecule has 0 aliphatic heterocycles. The maximum atomic E-state index is 11.3. The van der Waals surface area contributed by atoms with Crippen molar-refractivity contribution >= 4 is 23.6 Å². The van der Waals surface area contributed by atoms with Gasteiger partial charge in [-0.3, -0.25) is 4.79 Å².